The van der Waals surface area contributed by atoms with Crippen LogP contribution in [0.1, 0.15) is 30.6 Å². The summed E-state index contributed by atoms with van der Waals surface area (Å²) in [6, 6.07) is 2.73. The third kappa shape index (κ3) is 1.95. The van der Waals surface area contributed by atoms with E-state index in [9.17, 15) is 19.0 Å². The lowest BCUT2D eigenvalue weighted by Gasteiger charge is -2.13. The zero-order valence-electron chi connectivity index (χ0n) is 9.41. The molecule has 1 unspecified atom stereocenters. The molecule has 1 aliphatic carbocycles. The number of fused-ring (bicyclic) bond motifs is 1. The van der Waals surface area contributed by atoms with E-state index in [1.54, 1.807) is 0 Å². The molecule has 0 radical (unpaired) electrons. The smallest absolute Gasteiger partial charge is 0.281 e. The van der Waals surface area contributed by atoms with E-state index >= 15 is 0 Å². The van der Waals surface area contributed by atoms with E-state index in [-0.39, 0.29) is 16.9 Å². The Kier molecular flexibility index (Phi) is 2.95. The lowest BCUT2D eigenvalue weighted by atomic mass is 10.1. The van der Waals surface area contributed by atoms with Crippen molar-refractivity contribution in [3.8, 4) is 11.5 Å². The molecule has 1 aromatic carbocycles. The van der Waals surface area contributed by atoms with Crippen molar-refractivity contribution in [2.75, 3.05) is 6.61 Å². The normalized spacial score (nSPS) is 21.3. The van der Waals surface area contributed by atoms with Gasteiger partial charge in [-0.15, -0.1) is 0 Å². The Bertz CT molecular complexity index is 432. The van der Waals surface area contributed by atoms with Crippen molar-refractivity contribution in [1.82, 2.24) is 0 Å². The van der Waals surface area contributed by atoms with Crippen molar-refractivity contribution in [2.45, 2.75) is 31.8 Å². The first kappa shape index (κ1) is 12.1. The van der Waals surface area contributed by atoms with Crippen LogP contribution in [0.2, 0.25) is 0 Å². The Morgan fingerprint density at radius 3 is 2.82 bits per heavy atom. The average molecular weight is 244 g/mol. The molecule has 0 amide bonds. The topological polar surface area (TPSA) is 49.7 Å². The molecule has 0 spiro atoms. The molecular weight excluding hydrogens is 230 g/mol. The number of ether oxygens (including phenoxy) is 1. The minimum Gasteiger partial charge on any atom is -0.508 e. The van der Waals surface area contributed by atoms with Gasteiger partial charge in [0.2, 0.25) is 0 Å². The van der Waals surface area contributed by atoms with Crippen LogP contribution in [0, 0.1) is 0 Å². The molecule has 0 saturated heterocycles. The highest BCUT2D eigenvalue weighted by Gasteiger charge is 2.49. The number of benzene rings is 1. The number of phenols is 1. The van der Waals surface area contributed by atoms with E-state index in [1.165, 1.54) is 12.1 Å². The summed E-state index contributed by atoms with van der Waals surface area (Å²) in [6.45, 7) is 2.32. The number of hydrogen-bond acceptors (Lipinski definition) is 3. The van der Waals surface area contributed by atoms with Gasteiger partial charge in [-0.1, -0.05) is 6.92 Å². The third-order valence-electron chi connectivity index (χ3n) is 2.84. The number of hydrogen-bond donors (Lipinski definition) is 2. The van der Waals surface area contributed by atoms with Crippen LogP contribution in [0.5, 0.6) is 11.5 Å². The van der Waals surface area contributed by atoms with Crippen LogP contribution in [-0.2, 0) is 6.42 Å². The van der Waals surface area contributed by atoms with Crippen LogP contribution in [0.4, 0.5) is 8.78 Å². The minimum atomic E-state index is -3.24. The molecule has 5 heteroatoms. The highest BCUT2D eigenvalue weighted by Crippen LogP contribution is 2.49. The monoisotopic (exact) mass is 244 g/mol. The van der Waals surface area contributed by atoms with E-state index in [1.807, 2.05) is 6.92 Å². The number of aliphatic hydroxyl groups excluding tert-OH is 1. The second-order valence-corrected chi connectivity index (χ2v) is 4.16. The van der Waals surface area contributed by atoms with Gasteiger partial charge in [-0.25, -0.2) is 8.78 Å². The van der Waals surface area contributed by atoms with Gasteiger partial charge in [-0.3, -0.25) is 0 Å². The van der Waals surface area contributed by atoms with Crippen molar-refractivity contribution >= 4 is 0 Å². The molecule has 0 bridgehead atoms. The molecular formula is C12H14F2O3. The summed E-state index contributed by atoms with van der Waals surface area (Å²) in [4.78, 5) is 0. The van der Waals surface area contributed by atoms with E-state index in [0.29, 0.717) is 12.4 Å². The van der Waals surface area contributed by atoms with Gasteiger partial charge < -0.3 is 14.9 Å². The van der Waals surface area contributed by atoms with Gasteiger partial charge in [-0.05, 0) is 18.6 Å². The fourth-order valence-electron chi connectivity index (χ4n) is 2.01. The number of halogens is 2. The van der Waals surface area contributed by atoms with E-state index < -0.39 is 18.4 Å². The third-order valence-corrected chi connectivity index (χ3v) is 2.84. The zero-order valence-corrected chi connectivity index (χ0v) is 9.41. The number of phenolic OH excluding ortho intramolecular Hbond substituents is 1. The second kappa shape index (κ2) is 4.14. The van der Waals surface area contributed by atoms with Crippen LogP contribution >= 0.6 is 0 Å². The zero-order chi connectivity index (χ0) is 12.6. The number of alkyl halides is 2. The van der Waals surface area contributed by atoms with Gasteiger partial charge in [0.05, 0.1) is 6.61 Å². The predicted octanol–water partition coefficient (Wildman–Crippen LogP) is 2.41. The molecule has 1 aliphatic rings. The minimum absolute atomic E-state index is 0.108. The van der Waals surface area contributed by atoms with Crippen LogP contribution in [0.15, 0.2) is 12.1 Å². The summed E-state index contributed by atoms with van der Waals surface area (Å²) in [5.74, 6) is -3.24. The average Bonchev–Trinajstić information content (AvgIpc) is 2.50. The molecule has 94 valence electrons. The fourth-order valence-corrected chi connectivity index (χ4v) is 2.01. The van der Waals surface area contributed by atoms with Gasteiger partial charge in [-0.2, -0.15) is 0 Å². The SMILES string of the molecule is CCCOc1ccc(O)c2c1CC(F)(F)C2O. The van der Waals surface area contributed by atoms with Gasteiger partial charge in [0.25, 0.3) is 5.92 Å². The molecule has 2 rings (SSSR count). The predicted molar refractivity (Wildman–Crippen MR) is 57.5 cm³/mol. The van der Waals surface area contributed by atoms with Gasteiger partial charge >= 0.3 is 0 Å². The van der Waals surface area contributed by atoms with Crippen LogP contribution in [0.3, 0.4) is 0 Å². The summed E-state index contributed by atoms with van der Waals surface area (Å²) in [5.41, 5.74) is 0.0968. The first-order valence-corrected chi connectivity index (χ1v) is 5.50. The largest absolute Gasteiger partial charge is 0.508 e. The molecule has 1 aromatic rings. The first-order valence-electron chi connectivity index (χ1n) is 5.50. The van der Waals surface area contributed by atoms with E-state index in [4.69, 9.17) is 4.74 Å². The summed E-state index contributed by atoms with van der Waals surface area (Å²) < 4.78 is 32.1. The number of rotatable bonds is 3. The molecule has 0 aromatic heterocycles. The summed E-state index contributed by atoms with van der Waals surface area (Å²) in [7, 11) is 0. The Labute approximate surface area is 97.6 Å². The summed E-state index contributed by atoms with van der Waals surface area (Å²) in [6.07, 6.45) is -1.80. The van der Waals surface area contributed by atoms with Crippen LogP contribution < -0.4 is 4.74 Å². The Morgan fingerprint density at radius 1 is 1.47 bits per heavy atom. The molecule has 2 N–H and O–H groups in total. The van der Waals surface area contributed by atoms with Crippen molar-refractivity contribution < 1.29 is 23.7 Å². The fraction of sp³-hybridized carbons (Fsp3) is 0.500. The van der Waals surface area contributed by atoms with Crippen molar-refractivity contribution in [1.29, 1.82) is 0 Å². The molecule has 0 fully saturated rings. The van der Waals surface area contributed by atoms with Gasteiger partial charge in [0.1, 0.15) is 17.6 Å². The summed E-state index contributed by atoms with van der Waals surface area (Å²) >= 11 is 0. The highest BCUT2D eigenvalue weighted by molar-refractivity contribution is 5.53. The maximum atomic E-state index is 13.4. The second-order valence-electron chi connectivity index (χ2n) is 4.16. The van der Waals surface area contributed by atoms with E-state index in [2.05, 4.69) is 0 Å². The van der Waals surface area contributed by atoms with Gasteiger partial charge in [0.15, 0.2) is 0 Å². The van der Waals surface area contributed by atoms with Crippen molar-refractivity contribution in [3.05, 3.63) is 23.3 Å². The Balaban J connectivity index is 2.43. The first-order chi connectivity index (χ1) is 7.97. The highest BCUT2D eigenvalue weighted by atomic mass is 19.3. The molecule has 0 saturated carbocycles. The van der Waals surface area contributed by atoms with Gasteiger partial charge in [0, 0.05) is 17.5 Å². The maximum Gasteiger partial charge on any atom is 0.281 e. The quantitative estimate of drug-likeness (QED) is 0.858. The lowest BCUT2D eigenvalue weighted by molar-refractivity contribution is -0.0973. The Hall–Kier alpha value is -1.36. The Morgan fingerprint density at radius 2 is 2.18 bits per heavy atom. The lowest BCUT2D eigenvalue weighted by Crippen LogP contribution is -2.21. The standard InChI is InChI=1S/C12H14F2O3/c1-2-5-17-9-4-3-8(15)10-7(9)6-12(13,14)11(10)16/h3-4,11,15-16H,2,5-6H2,1H3. The van der Waals surface area contributed by atoms with Crippen LogP contribution in [-0.4, -0.2) is 22.7 Å². The van der Waals surface area contributed by atoms with Crippen molar-refractivity contribution in [2.24, 2.45) is 0 Å². The molecule has 17 heavy (non-hydrogen) atoms. The molecule has 1 atom stereocenters. The molecule has 0 heterocycles. The maximum absolute atomic E-state index is 13.4. The van der Waals surface area contributed by atoms with Crippen LogP contribution in [0.25, 0.3) is 0 Å². The molecule has 3 nitrogen and oxygen atoms in total. The molecule has 0 aliphatic heterocycles. The number of aromatic hydroxyl groups is 1. The van der Waals surface area contributed by atoms with Crippen molar-refractivity contribution in [3.63, 3.8) is 0 Å². The number of aliphatic hydroxyl groups is 1. The summed E-state index contributed by atoms with van der Waals surface area (Å²) in [5, 5.41) is 19.0. The van der Waals surface area contributed by atoms with E-state index in [0.717, 1.165) is 6.42 Å².